The van der Waals surface area contributed by atoms with Crippen LogP contribution in [-0.4, -0.2) is 13.9 Å². The van der Waals surface area contributed by atoms with Gasteiger partial charge in [0.1, 0.15) is 0 Å². The predicted octanol–water partition coefficient (Wildman–Crippen LogP) is -0.165. The predicted molar refractivity (Wildman–Crippen MR) is 51.7 cm³/mol. The van der Waals surface area contributed by atoms with E-state index >= 15 is 0 Å². The van der Waals surface area contributed by atoms with Gasteiger partial charge < -0.3 is 5.32 Å². The Morgan fingerprint density at radius 2 is 2.38 bits per heavy atom. The first-order chi connectivity index (χ1) is 6.07. The summed E-state index contributed by atoms with van der Waals surface area (Å²) in [5, 5.41) is 12.5. The van der Waals surface area contributed by atoms with Gasteiger partial charge in [-0.2, -0.15) is 0 Å². The lowest BCUT2D eigenvalue weighted by molar-refractivity contribution is 0.560. The van der Waals surface area contributed by atoms with Crippen LogP contribution in [0.3, 0.4) is 0 Å². The Balaban J connectivity index is 2.27. The summed E-state index contributed by atoms with van der Waals surface area (Å²) in [6, 6.07) is 1.85. The Morgan fingerprint density at radius 3 is 3.08 bits per heavy atom. The molecular weight excluding hydrogens is 210 g/mol. The zero-order valence-corrected chi connectivity index (χ0v) is 8.28. The highest BCUT2D eigenvalue weighted by Crippen LogP contribution is 2.25. The third kappa shape index (κ3) is 1.68. The molecule has 1 atom stereocenters. The average molecular weight is 219 g/mol. The lowest BCUT2D eigenvalue weighted by Crippen LogP contribution is -2.48. The number of primary sulfonamides is 1. The van der Waals surface area contributed by atoms with Crippen molar-refractivity contribution in [2.75, 3.05) is 5.32 Å². The van der Waals surface area contributed by atoms with Crippen LogP contribution in [0.5, 0.6) is 0 Å². The van der Waals surface area contributed by atoms with Gasteiger partial charge in [-0.05, 0) is 11.4 Å². The van der Waals surface area contributed by atoms with Crippen LogP contribution >= 0.6 is 11.3 Å². The maximum absolute atomic E-state index is 11.0. The molecule has 1 aliphatic heterocycles. The fourth-order valence-corrected chi connectivity index (χ4v) is 2.58. The molecule has 0 bridgehead atoms. The highest BCUT2D eigenvalue weighted by molar-refractivity contribution is 7.89. The van der Waals surface area contributed by atoms with Crippen LogP contribution in [0, 0.1) is 0 Å². The fraction of sp³-hybridized carbons (Fsp3) is 0.333. The Kier molecular flexibility index (Phi) is 2.03. The van der Waals surface area contributed by atoms with E-state index in [2.05, 4.69) is 10.6 Å². The number of hydrogen-bond donors (Lipinski definition) is 3. The van der Waals surface area contributed by atoms with E-state index in [1.807, 2.05) is 11.4 Å². The largest absolute Gasteiger partial charge is 0.355 e. The van der Waals surface area contributed by atoms with E-state index in [0.717, 1.165) is 10.6 Å². The van der Waals surface area contributed by atoms with Crippen molar-refractivity contribution in [3.8, 4) is 0 Å². The van der Waals surface area contributed by atoms with Crippen molar-refractivity contribution in [1.29, 1.82) is 0 Å². The van der Waals surface area contributed by atoms with Gasteiger partial charge in [0.05, 0.1) is 5.69 Å². The van der Waals surface area contributed by atoms with Crippen LogP contribution in [0.25, 0.3) is 0 Å². The van der Waals surface area contributed by atoms with Crippen molar-refractivity contribution >= 4 is 27.0 Å². The van der Waals surface area contributed by atoms with Gasteiger partial charge in [-0.15, -0.1) is 11.3 Å². The molecule has 1 unspecified atom stereocenters. The van der Waals surface area contributed by atoms with Crippen molar-refractivity contribution in [3.63, 3.8) is 0 Å². The van der Waals surface area contributed by atoms with Gasteiger partial charge in [-0.1, -0.05) is 0 Å². The van der Waals surface area contributed by atoms with Crippen molar-refractivity contribution in [1.82, 2.24) is 5.32 Å². The molecule has 1 aromatic rings. The first-order valence-corrected chi connectivity index (χ1v) is 6.14. The second-order valence-electron chi connectivity index (χ2n) is 2.75. The van der Waals surface area contributed by atoms with Crippen LogP contribution in [-0.2, 0) is 16.6 Å². The average Bonchev–Trinajstić information content (AvgIpc) is 2.47. The molecule has 13 heavy (non-hydrogen) atoms. The molecule has 7 heteroatoms. The first kappa shape index (κ1) is 8.95. The molecule has 4 N–H and O–H groups in total. The minimum absolute atomic E-state index is 0.543. The number of thiophene rings is 1. The number of hydrogen-bond acceptors (Lipinski definition) is 5. The molecule has 0 saturated heterocycles. The van der Waals surface area contributed by atoms with Gasteiger partial charge in [-0.3, -0.25) is 5.32 Å². The number of fused-ring (bicyclic) bond motifs is 1. The van der Waals surface area contributed by atoms with E-state index in [-0.39, 0.29) is 0 Å². The number of sulfonamides is 1. The summed E-state index contributed by atoms with van der Waals surface area (Å²) in [5.41, 5.74) is -0.0163. The van der Waals surface area contributed by atoms with E-state index in [0.29, 0.717) is 6.54 Å². The van der Waals surface area contributed by atoms with Gasteiger partial charge in [0, 0.05) is 11.4 Å². The van der Waals surface area contributed by atoms with Crippen LogP contribution in [0.15, 0.2) is 11.4 Å². The molecule has 72 valence electrons. The highest BCUT2D eigenvalue weighted by atomic mass is 32.2. The topological polar surface area (TPSA) is 84.2 Å². The van der Waals surface area contributed by atoms with Gasteiger partial charge >= 0.3 is 0 Å². The molecule has 1 aliphatic rings. The lowest BCUT2D eigenvalue weighted by Gasteiger charge is -2.23. The highest BCUT2D eigenvalue weighted by Gasteiger charge is 2.25. The molecule has 0 fully saturated rings. The monoisotopic (exact) mass is 219 g/mol. The van der Waals surface area contributed by atoms with E-state index in [1.54, 1.807) is 11.3 Å². The Hall–Kier alpha value is -0.630. The van der Waals surface area contributed by atoms with Crippen molar-refractivity contribution in [2.24, 2.45) is 5.14 Å². The third-order valence-electron chi connectivity index (χ3n) is 1.81. The van der Waals surface area contributed by atoms with Crippen molar-refractivity contribution in [3.05, 3.63) is 16.3 Å². The SMILES string of the molecule is NS(=O)(=O)C1NCc2sccc2N1. The van der Waals surface area contributed by atoms with Gasteiger partial charge in [-0.25, -0.2) is 13.6 Å². The summed E-state index contributed by atoms with van der Waals surface area (Å²) < 4.78 is 21.9. The second-order valence-corrected chi connectivity index (χ2v) is 5.40. The molecule has 2 rings (SSSR count). The number of rotatable bonds is 1. The summed E-state index contributed by atoms with van der Waals surface area (Å²) in [7, 11) is -3.56. The van der Waals surface area contributed by atoms with E-state index < -0.39 is 15.5 Å². The van der Waals surface area contributed by atoms with Crippen LogP contribution < -0.4 is 15.8 Å². The number of anilines is 1. The smallest absolute Gasteiger partial charge is 0.244 e. The summed E-state index contributed by atoms with van der Waals surface area (Å²) in [6.45, 7) is 0.543. The van der Waals surface area contributed by atoms with E-state index in [1.165, 1.54) is 0 Å². The van der Waals surface area contributed by atoms with E-state index in [4.69, 9.17) is 5.14 Å². The normalized spacial score (nSPS) is 22.1. The van der Waals surface area contributed by atoms with Crippen LogP contribution in [0.1, 0.15) is 4.88 Å². The van der Waals surface area contributed by atoms with Gasteiger partial charge in [0.25, 0.3) is 0 Å². The summed E-state index contributed by atoms with van der Waals surface area (Å²) in [4.78, 5) is 1.10. The molecule has 0 spiro atoms. The zero-order chi connectivity index (χ0) is 9.47. The standard InChI is InChI=1S/C6H9N3O2S2/c7-13(10,11)6-8-3-5-4(9-6)1-2-12-5/h1-2,6,8-9H,3H2,(H2,7,10,11). The molecular formula is C6H9N3O2S2. The molecule has 0 radical (unpaired) electrons. The Bertz CT molecular complexity index is 411. The van der Waals surface area contributed by atoms with Gasteiger partial charge in [0.2, 0.25) is 10.0 Å². The summed E-state index contributed by atoms with van der Waals surface area (Å²) >= 11 is 1.58. The van der Waals surface area contributed by atoms with E-state index in [9.17, 15) is 8.42 Å². The second kappa shape index (κ2) is 2.95. The molecule has 2 heterocycles. The lowest BCUT2D eigenvalue weighted by atomic mass is 10.3. The number of nitrogens with two attached hydrogens (primary N) is 1. The maximum atomic E-state index is 11.0. The minimum Gasteiger partial charge on any atom is -0.355 e. The van der Waals surface area contributed by atoms with Crippen LogP contribution in [0.4, 0.5) is 5.69 Å². The Labute approximate surface area is 80.0 Å². The van der Waals surface area contributed by atoms with Crippen molar-refractivity contribution < 1.29 is 8.42 Å². The number of nitrogens with one attached hydrogen (secondary N) is 2. The molecule has 0 amide bonds. The molecule has 0 aromatic carbocycles. The maximum Gasteiger partial charge on any atom is 0.244 e. The minimum atomic E-state index is -3.56. The van der Waals surface area contributed by atoms with Gasteiger partial charge in [0.15, 0.2) is 5.50 Å². The Morgan fingerprint density at radius 1 is 1.62 bits per heavy atom. The summed E-state index contributed by atoms with van der Waals surface area (Å²) in [6.07, 6.45) is 0. The fourth-order valence-electron chi connectivity index (χ4n) is 1.18. The molecule has 0 aliphatic carbocycles. The third-order valence-corrected chi connectivity index (χ3v) is 3.67. The molecule has 5 nitrogen and oxygen atoms in total. The first-order valence-electron chi connectivity index (χ1n) is 3.65. The zero-order valence-electron chi connectivity index (χ0n) is 6.65. The van der Waals surface area contributed by atoms with Crippen LogP contribution in [0.2, 0.25) is 0 Å². The molecule has 0 saturated carbocycles. The molecule has 1 aromatic heterocycles. The quantitative estimate of drug-likeness (QED) is 0.612. The van der Waals surface area contributed by atoms with Crippen molar-refractivity contribution in [2.45, 2.75) is 12.0 Å². The summed E-state index contributed by atoms with van der Waals surface area (Å²) in [5.74, 6) is 0.